The van der Waals surface area contributed by atoms with Crippen LogP contribution in [0, 0.1) is 0 Å². The Labute approximate surface area is 123 Å². The number of benzene rings is 1. The summed E-state index contributed by atoms with van der Waals surface area (Å²) < 4.78 is 31.7. The van der Waals surface area contributed by atoms with Crippen LogP contribution in [0.5, 0.6) is 5.75 Å². The topological polar surface area (TPSA) is 55.4 Å². The van der Waals surface area contributed by atoms with Gasteiger partial charge in [-0.3, -0.25) is 4.72 Å². The zero-order valence-electron chi connectivity index (χ0n) is 11.3. The van der Waals surface area contributed by atoms with E-state index in [1.54, 1.807) is 18.2 Å². The van der Waals surface area contributed by atoms with Gasteiger partial charge in [0, 0.05) is 16.6 Å². The summed E-state index contributed by atoms with van der Waals surface area (Å²) >= 11 is 3.38. The normalized spacial score (nSPS) is 11.3. The molecule has 0 amide bonds. The molecule has 0 aromatic heterocycles. The number of anilines is 1. The molecule has 19 heavy (non-hydrogen) atoms. The summed E-state index contributed by atoms with van der Waals surface area (Å²) in [6.07, 6.45) is 1.52. The van der Waals surface area contributed by atoms with Crippen molar-refractivity contribution in [2.75, 3.05) is 17.1 Å². The first-order valence-corrected chi connectivity index (χ1v) is 9.12. The van der Waals surface area contributed by atoms with Crippen LogP contribution in [-0.2, 0) is 15.4 Å². The van der Waals surface area contributed by atoms with Gasteiger partial charge in [-0.2, -0.15) is 0 Å². The Morgan fingerprint density at radius 3 is 2.63 bits per heavy atom. The minimum atomic E-state index is -3.25. The summed E-state index contributed by atoms with van der Waals surface area (Å²) in [5.74, 6) is 0.927. The van der Waals surface area contributed by atoms with E-state index in [1.807, 2.05) is 13.8 Å². The summed E-state index contributed by atoms with van der Waals surface area (Å²) in [5, 5.41) is 0.618. The second-order valence-electron chi connectivity index (χ2n) is 4.16. The predicted octanol–water partition coefficient (Wildman–Crippen LogP) is 3.52. The Balaban J connectivity index is 2.85. The van der Waals surface area contributed by atoms with E-state index in [4.69, 9.17) is 4.74 Å². The van der Waals surface area contributed by atoms with E-state index < -0.39 is 10.0 Å². The van der Waals surface area contributed by atoms with Crippen molar-refractivity contribution in [3.63, 3.8) is 0 Å². The SMILES string of the molecule is CCCCS(=O)(=O)Nc1ccc(OCC)c(CBr)c1. The third-order valence-corrected chi connectivity index (χ3v) is 4.52. The van der Waals surface area contributed by atoms with Gasteiger partial charge in [-0.1, -0.05) is 29.3 Å². The Morgan fingerprint density at radius 2 is 2.05 bits per heavy atom. The highest BCUT2D eigenvalue weighted by Crippen LogP contribution is 2.25. The van der Waals surface area contributed by atoms with Gasteiger partial charge in [-0.25, -0.2) is 8.42 Å². The highest BCUT2D eigenvalue weighted by atomic mass is 79.9. The fourth-order valence-electron chi connectivity index (χ4n) is 1.61. The third-order valence-electron chi connectivity index (χ3n) is 2.54. The molecule has 0 aliphatic heterocycles. The zero-order valence-corrected chi connectivity index (χ0v) is 13.7. The molecule has 4 nitrogen and oxygen atoms in total. The van der Waals surface area contributed by atoms with E-state index in [0.717, 1.165) is 17.7 Å². The molecule has 0 saturated carbocycles. The van der Waals surface area contributed by atoms with Gasteiger partial charge in [0.2, 0.25) is 10.0 Å². The van der Waals surface area contributed by atoms with Gasteiger partial charge in [0.05, 0.1) is 12.4 Å². The fourth-order valence-corrected chi connectivity index (χ4v) is 3.30. The Morgan fingerprint density at radius 1 is 1.32 bits per heavy atom. The first-order chi connectivity index (χ1) is 9.02. The third kappa shape index (κ3) is 5.40. The summed E-state index contributed by atoms with van der Waals surface area (Å²) in [4.78, 5) is 0. The van der Waals surface area contributed by atoms with Crippen LogP contribution in [0.1, 0.15) is 32.3 Å². The molecule has 1 N–H and O–H groups in total. The van der Waals surface area contributed by atoms with Crippen molar-refractivity contribution in [2.45, 2.75) is 32.0 Å². The molecule has 0 atom stereocenters. The van der Waals surface area contributed by atoms with Gasteiger partial charge in [0.25, 0.3) is 0 Å². The molecule has 0 bridgehead atoms. The molecule has 0 saturated heterocycles. The fraction of sp³-hybridized carbons (Fsp3) is 0.538. The van der Waals surface area contributed by atoms with Gasteiger partial charge < -0.3 is 4.74 Å². The second kappa shape index (κ2) is 7.75. The molecule has 0 spiro atoms. The average molecular weight is 350 g/mol. The van der Waals surface area contributed by atoms with Crippen LogP contribution < -0.4 is 9.46 Å². The van der Waals surface area contributed by atoms with Crippen LogP contribution in [0.4, 0.5) is 5.69 Å². The summed E-state index contributed by atoms with van der Waals surface area (Å²) in [5.41, 5.74) is 1.51. The van der Waals surface area contributed by atoms with Gasteiger partial charge in [-0.15, -0.1) is 0 Å². The van der Waals surface area contributed by atoms with Crippen LogP contribution in [0.3, 0.4) is 0 Å². The second-order valence-corrected chi connectivity index (χ2v) is 6.57. The number of sulfonamides is 1. The maximum absolute atomic E-state index is 11.8. The highest BCUT2D eigenvalue weighted by molar-refractivity contribution is 9.08. The van der Waals surface area contributed by atoms with Crippen LogP contribution >= 0.6 is 15.9 Å². The average Bonchev–Trinajstić information content (AvgIpc) is 2.38. The molecular formula is C13H20BrNO3S. The number of alkyl halides is 1. The lowest BCUT2D eigenvalue weighted by Crippen LogP contribution is -2.16. The molecule has 0 heterocycles. The molecule has 1 rings (SSSR count). The molecule has 0 aliphatic carbocycles. The molecule has 1 aromatic rings. The lowest BCUT2D eigenvalue weighted by molar-refractivity contribution is 0.338. The minimum absolute atomic E-state index is 0.153. The van der Waals surface area contributed by atoms with Crippen molar-refractivity contribution in [3.05, 3.63) is 23.8 Å². The Kier molecular flexibility index (Phi) is 6.65. The molecule has 6 heteroatoms. The minimum Gasteiger partial charge on any atom is -0.494 e. The van der Waals surface area contributed by atoms with E-state index >= 15 is 0 Å². The first kappa shape index (κ1) is 16.3. The Hall–Kier alpha value is -0.750. The maximum Gasteiger partial charge on any atom is 0.232 e. The number of hydrogen-bond donors (Lipinski definition) is 1. The first-order valence-electron chi connectivity index (χ1n) is 6.34. The van der Waals surface area contributed by atoms with Crippen molar-refractivity contribution in [3.8, 4) is 5.75 Å². The molecule has 108 valence electrons. The van der Waals surface area contributed by atoms with Crippen molar-refractivity contribution in [2.24, 2.45) is 0 Å². The predicted molar refractivity (Wildman–Crippen MR) is 82.6 cm³/mol. The van der Waals surface area contributed by atoms with E-state index in [-0.39, 0.29) is 5.75 Å². The lowest BCUT2D eigenvalue weighted by atomic mass is 10.2. The van der Waals surface area contributed by atoms with Crippen LogP contribution in [-0.4, -0.2) is 20.8 Å². The van der Waals surface area contributed by atoms with E-state index in [0.29, 0.717) is 24.0 Å². The Bertz CT molecular complexity index is 503. The number of rotatable bonds is 8. The van der Waals surface area contributed by atoms with Gasteiger partial charge in [-0.05, 0) is 31.5 Å². The van der Waals surface area contributed by atoms with Crippen molar-refractivity contribution < 1.29 is 13.2 Å². The summed E-state index contributed by atoms with van der Waals surface area (Å²) in [6.45, 7) is 4.47. The molecule has 0 aliphatic rings. The van der Waals surface area contributed by atoms with Crippen LogP contribution in [0.25, 0.3) is 0 Å². The highest BCUT2D eigenvalue weighted by Gasteiger charge is 2.11. The lowest BCUT2D eigenvalue weighted by Gasteiger charge is -2.12. The smallest absolute Gasteiger partial charge is 0.232 e. The molecule has 1 aromatic carbocycles. The zero-order chi connectivity index (χ0) is 14.3. The van der Waals surface area contributed by atoms with Gasteiger partial charge in [0.1, 0.15) is 5.75 Å². The number of unbranched alkanes of at least 4 members (excludes halogenated alkanes) is 1. The van der Waals surface area contributed by atoms with E-state index in [2.05, 4.69) is 20.7 Å². The summed E-state index contributed by atoms with van der Waals surface area (Å²) in [6, 6.07) is 5.31. The quantitative estimate of drug-likeness (QED) is 0.730. The monoisotopic (exact) mass is 349 g/mol. The van der Waals surface area contributed by atoms with Crippen molar-refractivity contribution >= 4 is 31.6 Å². The standard InChI is InChI=1S/C13H20BrNO3S/c1-3-5-8-19(16,17)15-12-6-7-13(18-4-2)11(9-12)10-14/h6-7,9,15H,3-5,8,10H2,1-2H3. The van der Waals surface area contributed by atoms with Crippen molar-refractivity contribution in [1.82, 2.24) is 0 Å². The largest absolute Gasteiger partial charge is 0.494 e. The number of hydrogen-bond acceptors (Lipinski definition) is 3. The van der Waals surface area contributed by atoms with Gasteiger partial charge in [0.15, 0.2) is 0 Å². The molecule has 0 unspecified atom stereocenters. The molecule has 0 fully saturated rings. The molecule has 0 radical (unpaired) electrons. The number of nitrogens with one attached hydrogen (secondary N) is 1. The number of halogens is 1. The van der Waals surface area contributed by atoms with Gasteiger partial charge >= 0.3 is 0 Å². The van der Waals surface area contributed by atoms with Crippen LogP contribution in [0.2, 0.25) is 0 Å². The van der Waals surface area contributed by atoms with Crippen LogP contribution in [0.15, 0.2) is 18.2 Å². The van der Waals surface area contributed by atoms with E-state index in [1.165, 1.54) is 0 Å². The van der Waals surface area contributed by atoms with Crippen molar-refractivity contribution in [1.29, 1.82) is 0 Å². The molecular weight excluding hydrogens is 330 g/mol. The summed E-state index contributed by atoms with van der Waals surface area (Å²) in [7, 11) is -3.25. The van der Waals surface area contributed by atoms with E-state index in [9.17, 15) is 8.42 Å². The number of ether oxygens (including phenoxy) is 1. The maximum atomic E-state index is 11.8.